The zero-order valence-electron chi connectivity index (χ0n) is 28.1. The van der Waals surface area contributed by atoms with Crippen molar-refractivity contribution < 1.29 is 38.2 Å². The Morgan fingerprint density at radius 3 is 1.38 bits per heavy atom. The van der Waals surface area contributed by atoms with Crippen molar-refractivity contribution in [3.05, 3.63) is 0 Å². The average Bonchev–Trinajstić information content (AvgIpc) is 3.00. The summed E-state index contributed by atoms with van der Waals surface area (Å²) in [5.74, 6) is 0.778. The third kappa shape index (κ3) is 72.3. The van der Waals surface area contributed by atoms with E-state index in [1.807, 2.05) is 6.92 Å². The van der Waals surface area contributed by atoms with Gasteiger partial charge in [0.1, 0.15) is 6.61 Å². The van der Waals surface area contributed by atoms with Gasteiger partial charge >= 0.3 is 0 Å². The van der Waals surface area contributed by atoms with Crippen LogP contribution in [0.3, 0.4) is 0 Å². The highest BCUT2D eigenvalue weighted by Gasteiger charge is 1.92. The molecule has 0 fully saturated rings. The molecule has 0 aliphatic heterocycles. The van der Waals surface area contributed by atoms with Crippen molar-refractivity contribution in [1.82, 2.24) is 5.32 Å². The summed E-state index contributed by atoms with van der Waals surface area (Å²) in [5.41, 5.74) is 0. The number of halogens is 1. The van der Waals surface area contributed by atoms with Crippen LogP contribution >= 0.6 is 11.6 Å². The normalized spacial score (nSPS) is 10.0. The second-order valence-corrected chi connectivity index (χ2v) is 9.08. The van der Waals surface area contributed by atoms with Gasteiger partial charge in [-0.1, -0.05) is 67.7 Å². The van der Waals surface area contributed by atoms with Crippen LogP contribution in [0.1, 0.15) is 100 Å². The lowest BCUT2D eigenvalue weighted by atomic mass is 10.2. The van der Waals surface area contributed by atoms with Gasteiger partial charge in [0, 0.05) is 38.9 Å². The lowest BCUT2D eigenvalue weighted by molar-refractivity contribution is -0.277. The first-order chi connectivity index (χ1) is 20.2. The van der Waals surface area contributed by atoms with E-state index < -0.39 is 0 Å². The van der Waals surface area contributed by atoms with E-state index in [4.69, 9.17) is 40.0 Å². The van der Waals surface area contributed by atoms with Gasteiger partial charge in [-0.2, -0.15) is 0 Å². The van der Waals surface area contributed by atoms with Crippen LogP contribution in [-0.4, -0.2) is 112 Å². The Bertz CT molecular complexity index is 343. The van der Waals surface area contributed by atoms with Crippen molar-refractivity contribution in [3.63, 3.8) is 0 Å². The molecule has 0 saturated carbocycles. The molecule has 0 amide bonds. The molecule has 10 heteroatoms. The van der Waals surface area contributed by atoms with Gasteiger partial charge in [0.05, 0.1) is 60.0 Å². The van der Waals surface area contributed by atoms with Crippen molar-refractivity contribution >= 4 is 11.6 Å². The van der Waals surface area contributed by atoms with Crippen LogP contribution in [-0.2, 0) is 38.2 Å². The fourth-order valence-corrected chi connectivity index (χ4v) is 2.64. The standard InChI is InChI=1S/C12H26ClNO2.C8H18O2.C7H16O4.C4H10.CH4/c1-2-14-8-10-16-12-11-15-9-6-4-3-5-7-13;1-3-5-9-7-8-10-6-4-2;1-3-9-4-5-10-6-7-11-8-2;1-3-4-2;/h14H,2-12H2,1H3;3-8H2,1-2H3;3-7H2,1-2H3;3-4H2,1-2H3;1H4. The highest BCUT2D eigenvalue weighted by Crippen LogP contribution is 2.01. The van der Waals surface area contributed by atoms with E-state index in [1.165, 1.54) is 32.8 Å². The van der Waals surface area contributed by atoms with Crippen molar-refractivity contribution in [2.24, 2.45) is 0 Å². The van der Waals surface area contributed by atoms with Gasteiger partial charge in [0.15, 0.2) is 0 Å². The van der Waals surface area contributed by atoms with Crippen LogP contribution in [0.25, 0.3) is 0 Å². The second-order valence-electron chi connectivity index (χ2n) is 8.70. The number of unbranched alkanes of at least 4 members (excludes halogenated alkanes) is 4. The summed E-state index contributed by atoms with van der Waals surface area (Å²) in [7, 11) is 1.47. The van der Waals surface area contributed by atoms with Gasteiger partial charge in [0.2, 0.25) is 0 Å². The number of likely N-dealkylation sites (N-methyl/N-ethyl adjacent to an activating group) is 1. The number of ether oxygens (including phenoxy) is 6. The maximum atomic E-state index is 5.58. The molecule has 0 bridgehead atoms. The van der Waals surface area contributed by atoms with E-state index in [1.54, 1.807) is 0 Å². The van der Waals surface area contributed by atoms with E-state index >= 15 is 0 Å². The summed E-state index contributed by atoms with van der Waals surface area (Å²) in [4.78, 5) is 8.93. The maximum absolute atomic E-state index is 5.58. The topological polar surface area (TPSA) is 85.9 Å². The monoisotopic (exact) mass is 636 g/mol. The molecule has 0 aliphatic carbocycles. The smallest absolute Gasteiger partial charge is 0.106 e. The van der Waals surface area contributed by atoms with Crippen LogP contribution in [0.15, 0.2) is 0 Å². The molecule has 0 atom stereocenters. The Labute approximate surface area is 267 Å². The van der Waals surface area contributed by atoms with E-state index in [-0.39, 0.29) is 7.43 Å². The number of nitrogens with one attached hydrogen (secondary N) is 1. The summed E-state index contributed by atoms with van der Waals surface area (Å²) in [5, 5.41) is 3.20. The molecule has 9 nitrogen and oxygen atoms in total. The molecular weight excluding hydrogens is 562 g/mol. The van der Waals surface area contributed by atoms with Gasteiger partial charge in [-0.3, -0.25) is 0 Å². The molecule has 0 aliphatic rings. The number of hydrogen-bond acceptors (Lipinski definition) is 9. The first-order valence-electron chi connectivity index (χ1n) is 16.0. The minimum absolute atomic E-state index is 0. The fourth-order valence-electron chi connectivity index (χ4n) is 2.45. The molecule has 0 aromatic heterocycles. The SMILES string of the molecule is C.CCCC.CCCOCCOCCC.CCNCCOCCOCCCCCCCl.CCOCCOCCOOC. The van der Waals surface area contributed by atoms with Crippen molar-refractivity contribution in [2.45, 2.75) is 100 Å². The highest BCUT2D eigenvalue weighted by molar-refractivity contribution is 6.17. The zero-order valence-corrected chi connectivity index (χ0v) is 28.9. The predicted molar refractivity (Wildman–Crippen MR) is 179 cm³/mol. The molecule has 262 valence electrons. The van der Waals surface area contributed by atoms with Gasteiger partial charge in [0.25, 0.3) is 0 Å². The molecule has 1 N–H and O–H groups in total. The largest absolute Gasteiger partial charge is 0.379 e. The molecule has 0 rings (SSSR count). The lowest BCUT2D eigenvalue weighted by Gasteiger charge is -2.06. The first-order valence-corrected chi connectivity index (χ1v) is 16.6. The summed E-state index contributed by atoms with van der Waals surface area (Å²) >= 11 is 5.58. The minimum Gasteiger partial charge on any atom is -0.379 e. The first kappa shape index (κ1) is 51.5. The van der Waals surface area contributed by atoms with Crippen LogP contribution in [0.5, 0.6) is 0 Å². The van der Waals surface area contributed by atoms with Crippen molar-refractivity contribution in [3.8, 4) is 0 Å². The second kappa shape index (κ2) is 60.2. The Kier molecular flexibility index (Phi) is 73.8. The molecule has 0 spiro atoms. The molecule has 0 radical (unpaired) electrons. The Balaban J connectivity index is -0.000000155. The molecule has 0 unspecified atom stereocenters. The van der Waals surface area contributed by atoms with Crippen molar-refractivity contribution in [2.75, 3.05) is 112 Å². The summed E-state index contributed by atoms with van der Waals surface area (Å²) < 4.78 is 31.4. The van der Waals surface area contributed by atoms with E-state index in [9.17, 15) is 0 Å². The number of rotatable bonds is 29. The maximum Gasteiger partial charge on any atom is 0.106 e. The van der Waals surface area contributed by atoms with E-state index in [0.29, 0.717) is 39.6 Å². The minimum atomic E-state index is 0. The Morgan fingerprint density at radius 2 is 0.929 bits per heavy atom. The molecule has 0 aromatic rings. The van der Waals surface area contributed by atoms with Crippen LogP contribution < -0.4 is 5.32 Å². The van der Waals surface area contributed by atoms with Crippen LogP contribution in [0, 0.1) is 0 Å². The third-order valence-corrected chi connectivity index (χ3v) is 5.06. The molecule has 0 heterocycles. The fraction of sp³-hybridized carbons (Fsp3) is 1.00. The third-order valence-electron chi connectivity index (χ3n) is 4.79. The Morgan fingerprint density at radius 1 is 0.476 bits per heavy atom. The molecule has 0 saturated heterocycles. The van der Waals surface area contributed by atoms with E-state index in [0.717, 1.165) is 90.9 Å². The highest BCUT2D eigenvalue weighted by atomic mass is 35.5. The van der Waals surface area contributed by atoms with E-state index in [2.05, 4.69) is 49.7 Å². The van der Waals surface area contributed by atoms with Crippen LogP contribution in [0.4, 0.5) is 0 Å². The van der Waals surface area contributed by atoms with Gasteiger partial charge in [-0.05, 0) is 39.2 Å². The molecule has 0 aromatic carbocycles. The average molecular weight is 636 g/mol. The van der Waals surface area contributed by atoms with Crippen LogP contribution in [0.2, 0.25) is 0 Å². The summed E-state index contributed by atoms with van der Waals surface area (Å²) in [6.45, 7) is 23.8. The van der Waals surface area contributed by atoms with Crippen molar-refractivity contribution in [1.29, 1.82) is 0 Å². The summed E-state index contributed by atoms with van der Waals surface area (Å²) in [6, 6.07) is 0. The zero-order chi connectivity index (χ0) is 31.3. The van der Waals surface area contributed by atoms with Gasteiger partial charge in [-0.25, -0.2) is 9.78 Å². The predicted octanol–water partition coefficient (Wildman–Crippen LogP) is 7.33. The summed E-state index contributed by atoms with van der Waals surface area (Å²) in [6.07, 6.45) is 9.50. The van der Waals surface area contributed by atoms with Gasteiger partial charge < -0.3 is 33.7 Å². The molecule has 42 heavy (non-hydrogen) atoms. The lowest BCUT2D eigenvalue weighted by Crippen LogP contribution is -2.20. The molecular formula is C32H74ClNO8. The van der Waals surface area contributed by atoms with Gasteiger partial charge in [-0.15, -0.1) is 11.6 Å². The number of hydrogen-bond donors (Lipinski definition) is 1. The quantitative estimate of drug-likeness (QED) is 0.0393. The Hall–Kier alpha value is -0.0700. The number of alkyl halides is 1.